The fourth-order valence-electron chi connectivity index (χ4n) is 2.44. The van der Waals surface area contributed by atoms with Crippen LogP contribution in [0.5, 0.6) is 0 Å². The number of para-hydroxylation sites is 1. The molecule has 0 aliphatic carbocycles. The Balaban J connectivity index is 2.02. The van der Waals surface area contributed by atoms with Crippen LogP contribution in [0.4, 0.5) is 5.69 Å². The number of ether oxygens (including phenoxy) is 1. The van der Waals surface area contributed by atoms with Crippen LogP contribution in [0.25, 0.3) is 0 Å². The van der Waals surface area contributed by atoms with E-state index in [0.717, 1.165) is 5.56 Å². The summed E-state index contributed by atoms with van der Waals surface area (Å²) in [6.45, 7) is 1.94. The Morgan fingerprint density at radius 2 is 1.81 bits per heavy atom. The van der Waals surface area contributed by atoms with Gasteiger partial charge in [-0.1, -0.05) is 12.1 Å². The third-order valence-corrected chi connectivity index (χ3v) is 3.78. The number of pyridine rings is 1. The van der Waals surface area contributed by atoms with Gasteiger partial charge < -0.3 is 15.0 Å². The van der Waals surface area contributed by atoms with E-state index in [9.17, 15) is 14.4 Å². The van der Waals surface area contributed by atoms with E-state index in [1.54, 1.807) is 36.7 Å². The Bertz CT molecular complexity index is 777. The van der Waals surface area contributed by atoms with Crippen LogP contribution < -0.4 is 10.2 Å². The summed E-state index contributed by atoms with van der Waals surface area (Å²) in [4.78, 5) is 41.4. The number of amides is 2. The molecule has 7 nitrogen and oxygen atoms in total. The van der Waals surface area contributed by atoms with Crippen molar-refractivity contribution in [2.24, 2.45) is 0 Å². The quantitative estimate of drug-likeness (QED) is 0.767. The first-order valence-electron chi connectivity index (χ1n) is 8.14. The maximum atomic E-state index is 12.1. The molecule has 1 N–H and O–H groups in total. The molecular weight excluding hydrogens is 334 g/mol. The molecule has 0 aliphatic rings. The Morgan fingerprint density at radius 3 is 2.46 bits per heavy atom. The molecule has 7 heteroatoms. The van der Waals surface area contributed by atoms with E-state index in [2.05, 4.69) is 10.3 Å². The summed E-state index contributed by atoms with van der Waals surface area (Å²) in [6.07, 6.45) is 3.42. The van der Waals surface area contributed by atoms with Crippen molar-refractivity contribution in [1.82, 2.24) is 10.3 Å². The number of carbonyl (C=O) groups excluding carboxylic acids is 3. The first-order valence-corrected chi connectivity index (χ1v) is 8.14. The van der Waals surface area contributed by atoms with Crippen LogP contribution >= 0.6 is 0 Å². The number of nitrogens with one attached hydrogen (secondary N) is 1. The summed E-state index contributed by atoms with van der Waals surface area (Å²) in [5, 5.41) is 2.80. The average molecular weight is 355 g/mol. The molecule has 2 aromatic rings. The molecule has 0 saturated carbocycles. The van der Waals surface area contributed by atoms with Crippen molar-refractivity contribution in [3.63, 3.8) is 0 Å². The van der Waals surface area contributed by atoms with Gasteiger partial charge in [-0.25, -0.2) is 4.79 Å². The van der Waals surface area contributed by atoms with Gasteiger partial charge >= 0.3 is 5.97 Å². The number of hydrogen-bond donors (Lipinski definition) is 1. The fraction of sp³-hybridized carbons (Fsp3) is 0.263. The van der Waals surface area contributed by atoms with Gasteiger partial charge in [-0.3, -0.25) is 14.6 Å². The van der Waals surface area contributed by atoms with Gasteiger partial charge in [-0.05, 0) is 29.8 Å². The highest BCUT2D eigenvalue weighted by Gasteiger charge is 2.20. The molecule has 2 rings (SSSR count). The zero-order valence-electron chi connectivity index (χ0n) is 14.8. The largest absolute Gasteiger partial charge is 0.465 e. The zero-order chi connectivity index (χ0) is 18.9. The number of nitrogens with zero attached hydrogens (tertiary/aromatic N) is 2. The molecule has 0 spiro atoms. The lowest BCUT2D eigenvalue weighted by molar-refractivity contribution is -0.121. The van der Waals surface area contributed by atoms with Crippen LogP contribution in [0.1, 0.15) is 29.3 Å². The maximum absolute atomic E-state index is 12.1. The van der Waals surface area contributed by atoms with Crippen molar-refractivity contribution in [2.75, 3.05) is 18.6 Å². The predicted molar refractivity (Wildman–Crippen MR) is 96.5 cm³/mol. The number of aromatic nitrogens is 1. The molecule has 0 unspecified atom stereocenters. The molecule has 1 heterocycles. The van der Waals surface area contributed by atoms with E-state index in [0.29, 0.717) is 12.2 Å². The summed E-state index contributed by atoms with van der Waals surface area (Å²) >= 11 is 0. The lowest BCUT2D eigenvalue weighted by Gasteiger charge is -2.23. The van der Waals surface area contributed by atoms with E-state index in [1.165, 1.54) is 18.9 Å². The average Bonchev–Trinajstić information content (AvgIpc) is 2.67. The third-order valence-electron chi connectivity index (χ3n) is 3.78. The van der Waals surface area contributed by atoms with Gasteiger partial charge in [0.2, 0.25) is 11.8 Å². The molecule has 0 bridgehead atoms. The van der Waals surface area contributed by atoms with Crippen LogP contribution in [0.15, 0.2) is 48.8 Å². The minimum Gasteiger partial charge on any atom is -0.465 e. The minimum atomic E-state index is -0.533. The second-order valence-electron chi connectivity index (χ2n) is 5.56. The monoisotopic (exact) mass is 355 g/mol. The van der Waals surface area contributed by atoms with Crippen molar-refractivity contribution in [3.05, 3.63) is 59.9 Å². The number of benzene rings is 1. The van der Waals surface area contributed by atoms with Gasteiger partial charge in [0.05, 0.1) is 18.4 Å². The highest BCUT2D eigenvalue weighted by molar-refractivity contribution is 6.02. The van der Waals surface area contributed by atoms with Crippen molar-refractivity contribution in [1.29, 1.82) is 0 Å². The highest BCUT2D eigenvalue weighted by atomic mass is 16.5. The summed E-state index contributed by atoms with van der Waals surface area (Å²) in [7, 11) is 1.28. The zero-order valence-corrected chi connectivity index (χ0v) is 14.8. The molecular formula is C19H21N3O4. The van der Waals surface area contributed by atoms with E-state index < -0.39 is 5.97 Å². The number of anilines is 1. The normalized spacial score (nSPS) is 10.1. The van der Waals surface area contributed by atoms with Crippen molar-refractivity contribution < 1.29 is 19.1 Å². The van der Waals surface area contributed by atoms with E-state index >= 15 is 0 Å². The van der Waals surface area contributed by atoms with Gasteiger partial charge in [0.25, 0.3) is 0 Å². The van der Waals surface area contributed by atoms with E-state index in [-0.39, 0.29) is 30.3 Å². The van der Waals surface area contributed by atoms with E-state index in [4.69, 9.17) is 4.74 Å². The molecule has 0 radical (unpaired) electrons. The van der Waals surface area contributed by atoms with Gasteiger partial charge in [-0.15, -0.1) is 0 Å². The summed E-state index contributed by atoms with van der Waals surface area (Å²) in [6, 6.07) is 10.3. The smallest absolute Gasteiger partial charge is 0.339 e. The Morgan fingerprint density at radius 1 is 1.12 bits per heavy atom. The lowest BCUT2D eigenvalue weighted by atomic mass is 10.1. The molecule has 2 amide bonds. The molecule has 0 aliphatic heterocycles. The second-order valence-corrected chi connectivity index (χ2v) is 5.56. The van der Waals surface area contributed by atoms with Crippen molar-refractivity contribution >= 4 is 23.5 Å². The first-order chi connectivity index (χ1) is 12.5. The molecule has 0 atom stereocenters. The molecule has 0 saturated heterocycles. The Labute approximate surface area is 152 Å². The van der Waals surface area contributed by atoms with Gasteiger partial charge in [0.15, 0.2) is 0 Å². The minimum absolute atomic E-state index is 0.111. The second kappa shape index (κ2) is 9.31. The molecule has 1 aromatic heterocycles. The topological polar surface area (TPSA) is 88.6 Å². The van der Waals surface area contributed by atoms with Crippen LogP contribution in [-0.2, 0) is 20.9 Å². The van der Waals surface area contributed by atoms with Crippen LogP contribution in [0, 0.1) is 0 Å². The lowest BCUT2D eigenvalue weighted by Crippen LogP contribution is -2.34. The maximum Gasteiger partial charge on any atom is 0.339 e. The number of carbonyl (C=O) groups is 3. The molecule has 26 heavy (non-hydrogen) atoms. The van der Waals surface area contributed by atoms with Gasteiger partial charge in [-0.2, -0.15) is 0 Å². The SMILES string of the molecule is COC(=O)c1ccccc1N(CCC(=O)NCc1ccncc1)C(C)=O. The fourth-order valence-corrected chi connectivity index (χ4v) is 2.44. The number of methoxy groups -OCH3 is 1. The van der Waals surface area contributed by atoms with Gasteiger partial charge in [0.1, 0.15) is 0 Å². The summed E-state index contributed by atoms with van der Waals surface area (Å²) in [5.74, 6) is -0.985. The van der Waals surface area contributed by atoms with Crippen molar-refractivity contribution in [2.45, 2.75) is 19.9 Å². The number of esters is 1. The van der Waals surface area contributed by atoms with Crippen molar-refractivity contribution in [3.8, 4) is 0 Å². The number of rotatable bonds is 7. The van der Waals surface area contributed by atoms with Crippen LogP contribution in [-0.4, -0.2) is 36.4 Å². The summed E-state index contributed by atoms with van der Waals surface area (Å²) in [5.41, 5.74) is 1.64. The standard InChI is InChI=1S/C19H21N3O4/c1-14(23)22(17-6-4-3-5-16(17)19(25)26-2)12-9-18(24)21-13-15-7-10-20-11-8-15/h3-8,10-11H,9,12-13H2,1-2H3,(H,21,24). The van der Waals surface area contributed by atoms with E-state index in [1.807, 2.05) is 12.1 Å². The summed E-state index contributed by atoms with van der Waals surface area (Å²) < 4.78 is 4.76. The van der Waals surface area contributed by atoms with Crippen LogP contribution in [0.3, 0.4) is 0 Å². The predicted octanol–water partition coefficient (Wildman–Crippen LogP) is 1.93. The first kappa shape index (κ1) is 19.1. The molecule has 0 fully saturated rings. The van der Waals surface area contributed by atoms with Gasteiger partial charge in [0, 0.05) is 38.8 Å². The Hall–Kier alpha value is -3.22. The number of hydrogen-bond acceptors (Lipinski definition) is 5. The molecule has 1 aromatic carbocycles. The molecule has 136 valence electrons. The van der Waals surface area contributed by atoms with Crippen LogP contribution in [0.2, 0.25) is 0 Å². The Kier molecular flexibility index (Phi) is 6.84. The third kappa shape index (κ3) is 5.14. The highest BCUT2D eigenvalue weighted by Crippen LogP contribution is 2.21.